The van der Waals surface area contributed by atoms with E-state index in [2.05, 4.69) is 15.9 Å². The largest absolute Gasteiger partial charge is 0.454 e. The van der Waals surface area contributed by atoms with Gasteiger partial charge in [0, 0.05) is 11.1 Å². The van der Waals surface area contributed by atoms with E-state index in [1.165, 1.54) is 0 Å². The molecular formula is C17H13BrO2. The lowest BCUT2D eigenvalue weighted by Crippen LogP contribution is -2.07. The second kappa shape index (κ2) is 4.91. The Hall–Kier alpha value is -1.87. The molecule has 0 aliphatic heterocycles. The van der Waals surface area contributed by atoms with Crippen LogP contribution in [-0.2, 0) is 0 Å². The highest BCUT2D eigenvalue weighted by Gasteiger charge is 2.14. The summed E-state index contributed by atoms with van der Waals surface area (Å²) < 4.78 is 6.81. The third kappa shape index (κ3) is 2.08. The van der Waals surface area contributed by atoms with Crippen molar-refractivity contribution in [3.05, 3.63) is 68.3 Å². The zero-order chi connectivity index (χ0) is 14.3. The molecule has 0 saturated carbocycles. The molecule has 0 saturated heterocycles. The lowest BCUT2D eigenvalue weighted by molar-refractivity contribution is 0.612. The maximum Gasteiger partial charge on any atom is 0.196 e. The molecule has 2 aromatic carbocycles. The van der Waals surface area contributed by atoms with Gasteiger partial charge >= 0.3 is 0 Å². The molecule has 3 heteroatoms. The Balaban J connectivity index is 2.42. The Labute approximate surface area is 125 Å². The smallest absolute Gasteiger partial charge is 0.196 e. The van der Waals surface area contributed by atoms with Crippen LogP contribution in [-0.4, -0.2) is 0 Å². The quantitative estimate of drug-likeness (QED) is 0.639. The van der Waals surface area contributed by atoms with Crippen LogP contribution in [0.1, 0.15) is 11.1 Å². The zero-order valence-corrected chi connectivity index (χ0v) is 12.8. The predicted octanol–water partition coefficient (Wildman–Crippen LogP) is 4.84. The summed E-state index contributed by atoms with van der Waals surface area (Å²) in [5.41, 5.74) is 3.21. The van der Waals surface area contributed by atoms with Crippen molar-refractivity contribution in [3.63, 3.8) is 0 Å². The van der Waals surface area contributed by atoms with Gasteiger partial charge in [0.1, 0.15) is 5.76 Å². The molecule has 0 amide bonds. The van der Waals surface area contributed by atoms with E-state index in [4.69, 9.17) is 4.42 Å². The maximum absolute atomic E-state index is 12.5. The minimum atomic E-state index is 0.0227. The monoisotopic (exact) mass is 328 g/mol. The number of benzene rings is 2. The van der Waals surface area contributed by atoms with Crippen LogP contribution < -0.4 is 5.43 Å². The molecular weight excluding hydrogens is 316 g/mol. The Kier molecular flexibility index (Phi) is 3.22. The van der Waals surface area contributed by atoms with Gasteiger partial charge in [0.2, 0.25) is 0 Å². The Morgan fingerprint density at radius 1 is 1.05 bits per heavy atom. The number of aryl methyl sites for hydroxylation is 1. The third-order valence-electron chi connectivity index (χ3n) is 3.35. The zero-order valence-electron chi connectivity index (χ0n) is 11.2. The first-order valence-electron chi connectivity index (χ1n) is 6.37. The van der Waals surface area contributed by atoms with Gasteiger partial charge in [-0.05, 0) is 47.5 Å². The summed E-state index contributed by atoms with van der Waals surface area (Å²) in [4.78, 5) is 12.5. The minimum absolute atomic E-state index is 0.0227. The number of halogens is 1. The number of hydrogen-bond acceptors (Lipinski definition) is 2. The number of rotatable bonds is 1. The second-order valence-corrected chi connectivity index (χ2v) is 5.73. The van der Waals surface area contributed by atoms with Crippen LogP contribution in [0.3, 0.4) is 0 Å². The summed E-state index contributed by atoms with van der Waals surface area (Å²) in [6.07, 6.45) is 0. The van der Waals surface area contributed by atoms with Crippen molar-refractivity contribution in [3.8, 4) is 11.3 Å². The van der Waals surface area contributed by atoms with Crippen LogP contribution in [0, 0.1) is 13.8 Å². The molecule has 0 aliphatic carbocycles. The highest BCUT2D eigenvalue weighted by Crippen LogP contribution is 2.30. The lowest BCUT2D eigenvalue weighted by Gasteiger charge is -2.09. The Morgan fingerprint density at radius 3 is 2.45 bits per heavy atom. The average molecular weight is 329 g/mol. The van der Waals surface area contributed by atoms with E-state index < -0.39 is 0 Å². The predicted molar refractivity (Wildman–Crippen MR) is 85.1 cm³/mol. The lowest BCUT2D eigenvalue weighted by atomic mass is 10.0. The SMILES string of the molecule is Cc1cc(Br)c2oc(-c3ccccc3)c(C)c(=O)c2c1. The summed E-state index contributed by atoms with van der Waals surface area (Å²) in [5, 5.41) is 0.619. The molecule has 0 bridgehead atoms. The van der Waals surface area contributed by atoms with E-state index in [1.54, 1.807) is 0 Å². The van der Waals surface area contributed by atoms with Crippen LogP contribution >= 0.6 is 15.9 Å². The topological polar surface area (TPSA) is 30.2 Å². The van der Waals surface area contributed by atoms with Gasteiger partial charge in [-0.15, -0.1) is 0 Å². The van der Waals surface area contributed by atoms with Gasteiger partial charge in [-0.25, -0.2) is 0 Å². The van der Waals surface area contributed by atoms with E-state index in [1.807, 2.05) is 56.3 Å². The molecule has 2 nitrogen and oxygen atoms in total. The van der Waals surface area contributed by atoms with E-state index >= 15 is 0 Å². The standard InChI is InChI=1S/C17H13BrO2/c1-10-8-13-15(19)11(2)16(12-6-4-3-5-7-12)20-17(13)14(18)9-10/h3-9H,1-2H3. The van der Waals surface area contributed by atoms with Gasteiger partial charge < -0.3 is 4.42 Å². The molecule has 1 aromatic heterocycles. The molecule has 100 valence electrons. The van der Waals surface area contributed by atoms with Crippen LogP contribution in [0.15, 0.2) is 56.1 Å². The van der Waals surface area contributed by atoms with E-state index in [0.29, 0.717) is 22.3 Å². The maximum atomic E-state index is 12.5. The van der Waals surface area contributed by atoms with Gasteiger partial charge in [0.05, 0.1) is 9.86 Å². The fourth-order valence-electron chi connectivity index (χ4n) is 2.35. The Morgan fingerprint density at radius 2 is 1.75 bits per heavy atom. The minimum Gasteiger partial charge on any atom is -0.454 e. The second-order valence-electron chi connectivity index (χ2n) is 4.87. The van der Waals surface area contributed by atoms with Gasteiger partial charge in [0.15, 0.2) is 11.0 Å². The van der Waals surface area contributed by atoms with Gasteiger partial charge in [0.25, 0.3) is 0 Å². The summed E-state index contributed by atoms with van der Waals surface area (Å²) in [6, 6.07) is 13.5. The van der Waals surface area contributed by atoms with Gasteiger partial charge in [-0.3, -0.25) is 4.79 Å². The van der Waals surface area contributed by atoms with Crippen molar-refractivity contribution >= 4 is 26.9 Å². The molecule has 0 unspecified atom stereocenters. The molecule has 0 fully saturated rings. The van der Waals surface area contributed by atoms with Crippen molar-refractivity contribution in [1.29, 1.82) is 0 Å². The highest BCUT2D eigenvalue weighted by molar-refractivity contribution is 9.10. The molecule has 3 rings (SSSR count). The van der Waals surface area contributed by atoms with E-state index in [0.717, 1.165) is 15.6 Å². The van der Waals surface area contributed by atoms with E-state index in [9.17, 15) is 4.79 Å². The molecule has 3 aromatic rings. The first kappa shape index (κ1) is 13.1. The molecule has 20 heavy (non-hydrogen) atoms. The summed E-state index contributed by atoms with van der Waals surface area (Å²) >= 11 is 3.48. The van der Waals surface area contributed by atoms with Crippen molar-refractivity contribution in [2.45, 2.75) is 13.8 Å². The highest BCUT2D eigenvalue weighted by atomic mass is 79.9. The van der Waals surface area contributed by atoms with Crippen molar-refractivity contribution in [2.75, 3.05) is 0 Å². The normalized spacial score (nSPS) is 10.9. The number of hydrogen-bond donors (Lipinski definition) is 0. The fourth-order valence-corrected chi connectivity index (χ4v) is 3.01. The molecule has 0 radical (unpaired) electrons. The number of fused-ring (bicyclic) bond motifs is 1. The molecule has 1 heterocycles. The fraction of sp³-hybridized carbons (Fsp3) is 0.118. The molecule has 0 N–H and O–H groups in total. The summed E-state index contributed by atoms with van der Waals surface area (Å²) in [5.74, 6) is 0.632. The van der Waals surface area contributed by atoms with Crippen LogP contribution in [0.4, 0.5) is 0 Å². The molecule has 0 aliphatic rings. The summed E-state index contributed by atoms with van der Waals surface area (Å²) in [7, 11) is 0. The van der Waals surface area contributed by atoms with Crippen LogP contribution in [0.5, 0.6) is 0 Å². The first-order valence-corrected chi connectivity index (χ1v) is 7.16. The Bertz CT molecular complexity index is 848. The van der Waals surface area contributed by atoms with Crippen molar-refractivity contribution < 1.29 is 4.42 Å². The molecule has 0 atom stereocenters. The van der Waals surface area contributed by atoms with Gasteiger partial charge in [-0.2, -0.15) is 0 Å². The average Bonchev–Trinajstić information content (AvgIpc) is 2.44. The van der Waals surface area contributed by atoms with Gasteiger partial charge in [-0.1, -0.05) is 30.3 Å². The first-order chi connectivity index (χ1) is 9.58. The van der Waals surface area contributed by atoms with E-state index in [-0.39, 0.29) is 5.43 Å². The van der Waals surface area contributed by atoms with Crippen molar-refractivity contribution in [1.82, 2.24) is 0 Å². The summed E-state index contributed by atoms with van der Waals surface area (Å²) in [6.45, 7) is 3.77. The molecule has 0 spiro atoms. The van der Waals surface area contributed by atoms with Crippen LogP contribution in [0.25, 0.3) is 22.3 Å². The third-order valence-corrected chi connectivity index (χ3v) is 3.94. The van der Waals surface area contributed by atoms with Crippen molar-refractivity contribution in [2.24, 2.45) is 0 Å². The van der Waals surface area contributed by atoms with Crippen LogP contribution in [0.2, 0.25) is 0 Å².